The third kappa shape index (κ3) is 4.13. The Hall–Kier alpha value is -1.79. The van der Waals surface area contributed by atoms with Crippen LogP contribution < -0.4 is 5.32 Å². The van der Waals surface area contributed by atoms with Gasteiger partial charge in [0.15, 0.2) is 0 Å². The molecule has 1 aliphatic carbocycles. The number of amides is 1. The van der Waals surface area contributed by atoms with Gasteiger partial charge in [0.25, 0.3) is 5.91 Å². The average molecular weight is 373 g/mol. The molecule has 6 heteroatoms. The van der Waals surface area contributed by atoms with E-state index in [1.807, 2.05) is 25.1 Å². The average Bonchev–Trinajstić information content (AvgIpc) is 2.88. The molecule has 26 heavy (non-hydrogen) atoms. The van der Waals surface area contributed by atoms with Crippen LogP contribution in [-0.2, 0) is 0 Å². The molecule has 1 fully saturated rings. The first-order valence-electron chi connectivity index (χ1n) is 9.36. The molecule has 0 spiro atoms. The largest absolute Gasteiger partial charge is 0.349 e. The van der Waals surface area contributed by atoms with E-state index in [9.17, 15) is 4.79 Å². The number of hydrogen-bond acceptors (Lipinski definition) is 5. The van der Waals surface area contributed by atoms with Gasteiger partial charge in [0.1, 0.15) is 9.88 Å². The topological polar surface area (TPSA) is 58.1 Å². The van der Waals surface area contributed by atoms with Crippen LogP contribution in [-0.4, -0.2) is 47.0 Å². The second kappa shape index (κ2) is 8.27. The van der Waals surface area contributed by atoms with Crippen LogP contribution in [0.15, 0.2) is 24.4 Å². The van der Waals surface area contributed by atoms with Crippen molar-refractivity contribution in [2.75, 3.05) is 20.6 Å². The SMILES string of the molecule is Cc1nc(-c2ccccn2)sc1C(=O)NCC1(N(C)C)CCCCCC1. The summed E-state index contributed by atoms with van der Waals surface area (Å²) in [6.07, 6.45) is 9.09. The van der Waals surface area contributed by atoms with E-state index in [4.69, 9.17) is 0 Å². The summed E-state index contributed by atoms with van der Waals surface area (Å²) in [6.45, 7) is 2.58. The minimum atomic E-state index is -0.0207. The van der Waals surface area contributed by atoms with Crippen molar-refractivity contribution in [2.24, 2.45) is 0 Å². The Morgan fingerprint density at radius 1 is 1.23 bits per heavy atom. The molecule has 140 valence electrons. The third-order valence-electron chi connectivity index (χ3n) is 5.45. The highest BCUT2D eigenvalue weighted by Gasteiger charge is 2.33. The Balaban J connectivity index is 1.72. The number of pyridine rings is 1. The minimum Gasteiger partial charge on any atom is -0.349 e. The van der Waals surface area contributed by atoms with E-state index in [1.165, 1.54) is 37.0 Å². The lowest BCUT2D eigenvalue weighted by Crippen LogP contribution is -2.52. The van der Waals surface area contributed by atoms with E-state index in [2.05, 4.69) is 34.3 Å². The molecule has 5 nitrogen and oxygen atoms in total. The van der Waals surface area contributed by atoms with Crippen molar-refractivity contribution < 1.29 is 4.79 Å². The lowest BCUT2D eigenvalue weighted by Gasteiger charge is -2.39. The second-order valence-electron chi connectivity index (χ2n) is 7.36. The molecule has 2 heterocycles. The molecule has 0 atom stereocenters. The lowest BCUT2D eigenvalue weighted by atomic mass is 9.88. The molecule has 0 aliphatic heterocycles. The zero-order chi connectivity index (χ0) is 18.6. The van der Waals surface area contributed by atoms with E-state index in [0.717, 1.165) is 29.2 Å². The number of thiazole rings is 1. The van der Waals surface area contributed by atoms with Crippen molar-refractivity contribution in [3.8, 4) is 10.7 Å². The van der Waals surface area contributed by atoms with Crippen LogP contribution in [0.5, 0.6) is 0 Å². The van der Waals surface area contributed by atoms with E-state index < -0.39 is 0 Å². The number of carbonyl (C=O) groups is 1. The van der Waals surface area contributed by atoms with Gasteiger partial charge in [-0.15, -0.1) is 11.3 Å². The summed E-state index contributed by atoms with van der Waals surface area (Å²) >= 11 is 1.42. The maximum atomic E-state index is 12.8. The monoisotopic (exact) mass is 372 g/mol. The number of nitrogens with one attached hydrogen (secondary N) is 1. The van der Waals surface area contributed by atoms with Gasteiger partial charge in [0.2, 0.25) is 0 Å². The van der Waals surface area contributed by atoms with Crippen molar-refractivity contribution in [1.29, 1.82) is 0 Å². The van der Waals surface area contributed by atoms with Gasteiger partial charge in [-0.2, -0.15) is 0 Å². The highest BCUT2D eigenvalue weighted by Crippen LogP contribution is 2.31. The molecule has 1 N–H and O–H groups in total. The predicted octanol–water partition coefficient (Wildman–Crippen LogP) is 3.90. The standard InChI is InChI=1S/C20H28N4OS/c1-15-17(26-19(23-15)16-10-6-9-13-21-16)18(25)22-14-20(24(2)3)11-7-4-5-8-12-20/h6,9-10,13H,4-5,7-8,11-12,14H2,1-3H3,(H,22,25). The first kappa shape index (κ1) is 19.0. The van der Waals surface area contributed by atoms with Crippen molar-refractivity contribution in [2.45, 2.75) is 51.0 Å². The molecule has 0 bridgehead atoms. The number of hydrogen-bond donors (Lipinski definition) is 1. The van der Waals surface area contributed by atoms with E-state index >= 15 is 0 Å². The number of aryl methyl sites for hydroxylation is 1. The van der Waals surface area contributed by atoms with Gasteiger partial charge in [0, 0.05) is 18.3 Å². The molecule has 0 aromatic carbocycles. The van der Waals surface area contributed by atoms with E-state index in [-0.39, 0.29) is 11.4 Å². The van der Waals surface area contributed by atoms with Crippen molar-refractivity contribution in [1.82, 2.24) is 20.2 Å². The molecule has 0 unspecified atom stereocenters. The number of aromatic nitrogens is 2. The smallest absolute Gasteiger partial charge is 0.263 e. The van der Waals surface area contributed by atoms with E-state index in [1.54, 1.807) is 6.20 Å². The Bertz CT molecular complexity index is 734. The highest BCUT2D eigenvalue weighted by atomic mass is 32.1. The van der Waals surface area contributed by atoms with Gasteiger partial charge in [-0.25, -0.2) is 4.98 Å². The van der Waals surface area contributed by atoms with Crippen LogP contribution in [0.4, 0.5) is 0 Å². The second-order valence-corrected chi connectivity index (χ2v) is 8.36. The van der Waals surface area contributed by atoms with Crippen molar-refractivity contribution in [3.63, 3.8) is 0 Å². The maximum absolute atomic E-state index is 12.8. The van der Waals surface area contributed by atoms with Crippen LogP contribution >= 0.6 is 11.3 Å². The maximum Gasteiger partial charge on any atom is 0.263 e. The van der Waals surface area contributed by atoms with Crippen LogP contribution in [0.1, 0.15) is 53.9 Å². The van der Waals surface area contributed by atoms with Crippen molar-refractivity contribution in [3.05, 3.63) is 35.0 Å². The number of likely N-dealkylation sites (N-methyl/N-ethyl adjacent to an activating group) is 1. The highest BCUT2D eigenvalue weighted by molar-refractivity contribution is 7.17. The van der Waals surface area contributed by atoms with E-state index in [0.29, 0.717) is 11.4 Å². The summed E-state index contributed by atoms with van der Waals surface area (Å²) in [7, 11) is 4.27. The van der Waals surface area contributed by atoms with Crippen LogP contribution in [0.3, 0.4) is 0 Å². The van der Waals surface area contributed by atoms with Crippen molar-refractivity contribution >= 4 is 17.2 Å². The summed E-state index contributed by atoms with van der Waals surface area (Å²) in [6, 6.07) is 5.74. The zero-order valence-corrected chi connectivity index (χ0v) is 16.7. The van der Waals surface area contributed by atoms with Gasteiger partial charge < -0.3 is 10.2 Å². The van der Waals surface area contributed by atoms with Gasteiger partial charge in [0.05, 0.1) is 11.4 Å². The first-order chi connectivity index (χ1) is 12.5. The predicted molar refractivity (Wildman–Crippen MR) is 107 cm³/mol. The van der Waals surface area contributed by atoms with Crippen LogP contribution in [0.2, 0.25) is 0 Å². The van der Waals surface area contributed by atoms with Gasteiger partial charge in [-0.3, -0.25) is 9.78 Å². The fourth-order valence-corrected chi connectivity index (χ4v) is 4.66. The molecule has 2 aromatic heterocycles. The number of nitrogens with zero attached hydrogens (tertiary/aromatic N) is 3. The summed E-state index contributed by atoms with van der Waals surface area (Å²) in [5.41, 5.74) is 1.65. The Labute approximate surface area is 159 Å². The first-order valence-corrected chi connectivity index (χ1v) is 10.2. The van der Waals surface area contributed by atoms with Gasteiger partial charge >= 0.3 is 0 Å². The van der Waals surface area contributed by atoms with Gasteiger partial charge in [-0.1, -0.05) is 31.7 Å². The Kier molecular flexibility index (Phi) is 6.04. The minimum absolute atomic E-state index is 0.0207. The lowest BCUT2D eigenvalue weighted by molar-refractivity contribution is 0.0872. The molecule has 1 aliphatic rings. The summed E-state index contributed by atoms with van der Waals surface area (Å²) in [5.74, 6) is -0.0207. The van der Waals surface area contributed by atoms with Crippen LogP contribution in [0.25, 0.3) is 10.7 Å². The quantitative estimate of drug-likeness (QED) is 0.809. The molecule has 0 radical (unpaired) electrons. The zero-order valence-electron chi connectivity index (χ0n) is 15.9. The number of carbonyl (C=O) groups excluding carboxylic acids is 1. The molecule has 2 aromatic rings. The third-order valence-corrected chi connectivity index (χ3v) is 6.63. The Morgan fingerprint density at radius 3 is 2.58 bits per heavy atom. The van der Waals surface area contributed by atoms with Crippen LogP contribution in [0, 0.1) is 6.92 Å². The fourth-order valence-electron chi connectivity index (χ4n) is 3.70. The molecule has 1 saturated carbocycles. The molecule has 1 amide bonds. The Morgan fingerprint density at radius 2 is 1.96 bits per heavy atom. The molecular weight excluding hydrogens is 344 g/mol. The number of rotatable bonds is 5. The molecule has 3 rings (SSSR count). The normalized spacial score (nSPS) is 17.1. The summed E-state index contributed by atoms with van der Waals surface area (Å²) in [4.78, 5) is 24.7. The summed E-state index contributed by atoms with van der Waals surface area (Å²) < 4.78 is 0. The molecular formula is C20H28N4OS. The molecule has 0 saturated heterocycles. The summed E-state index contributed by atoms with van der Waals surface area (Å²) in [5, 5.41) is 3.99. The van der Waals surface area contributed by atoms with Gasteiger partial charge in [-0.05, 0) is 46.0 Å². The fraction of sp³-hybridized carbons (Fsp3) is 0.550.